The summed E-state index contributed by atoms with van der Waals surface area (Å²) in [5.41, 5.74) is 0.794. The van der Waals surface area contributed by atoms with Gasteiger partial charge in [-0.05, 0) is 28.9 Å². The van der Waals surface area contributed by atoms with E-state index in [4.69, 9.17) is 0 Å². The number of benzene rings is 1. The molecule has 0 spiro atoms. The van der Waals surface area contributed by atoms with Gasteiger partial charge in [-0.3, -0.25) is 0 Å². The van der Waals surface area contributed by atoms with E-state index in [9.17, 15) is 8.42 Å². The first kappa shape index (κ1) is 12.6. The minimum absolute atomic E-state index is 0.183. The van der Waals surface area contributed by atoms with Crippen LogP contribution in [0.3, 0.4) is 0 Å². The molecule has 0 saturated heterocycles. The average Bonchev–Trinajstić information content (AvgIpc) is 2.29. The molecule has 1 heterocycles. The van der Waals surface area contributed by atoms with Gasteiger partial charge in [-0.2, -0.15) is 0 Å². The summed E-state index contributed by atoms with van der Waals surface area (Å²) in [7, 11) is -3.15. The van der Waals surface area contributed by atoms with E-state index in [-0.39, 0.29) is 17.1 Å². The molecule has 17 heavy (non-hydrogen) atoms. The predicted molar refractivity (Wildman–Crippen MR) is 69.9 cm³/mol. The van der Waals surface area contributed by atoms with E-state index in [2.05, 4.69) is 27.7 Å². The zero-order valence-corrected chi connectivity index (χ0v) is 11.7. The van der Waals surface area contributed by atoms with Crippen LogP contribution in [-0.2, 0) is 9.84 Å². The smallest absolute Gasteiger partial charge is 0.179 e. The topological polar surface area (TPSA) is 34.1 Å². The fraction of sp³-hybridized carbons (Fsp3) is 0.571. The molecule has 2 nitrogen and oxygen atoms in total. The number of sulfone groups is 1. The van der Waals surface area contributed by atoms with E-state index < -0.39 is 9.84 Å². The zero-order valence-electron chi connectivity index (χ0n) is 10.9. The fourth-order valence-electron chi connectivity index (χ4n) is 2.78. The molecule has 0 amide bonds. The molecule has 0 aliphatic carbocycles. The predicted octanol–water partition coefficient (Wildman–Crippen LogP) is 3.24. The van der Waals surface area contributed by atoms with E-state index in [1.165, 1.54) is 0 Å². The monoisotopic (exact) mass is 252 g/mol. The van der Waals surface area contributed by atoms with E-state index in [0.29, 0.717) is 10.8 Å². The summed E-state index contributed by atoms with van der Waals surface area (Å²) >= 11 is 0. The second-order valence-electron chi connectivity index (χ2n) is 5.86. The molecule has 2 atom stereocenters. The lowest BCUT2D eigenvalue weighted by molar-refractivity contribution is 0.234. The molecule has 3 heteroatoms. The molecule has 1 aliphatic heterocycles. The third-order valence-corrected chi connectivity index (χ3v) is 6.46. The van der Waals surface area contributed by atoms with Gasteiger partial charge >= 0.3 is 0 Å². The summed E-state index contributed by atoms with van der Waals surface area (Å²) < 4.78 is 24.8. The summed E-state index contributed by atoms with van der Waals surface area (Å²) in [6.45, 7) is 8.39. The van der Waals surface area contributed by atoms with Crippen molar-refractivity contribution in [2.75, 3.05) is 5.75 Å². The third kappa shape index (κ3) is 2.01. The van der Waals surface area contributed by atoms with Gasteiger partial charge < -0.3 is 0 Å². The molecule has 1 aliphatic rings. The van der Waals surface area contributed by atoms with Crippen molar-refractivity contribution in [3.8, 4) is 0 Å². The maximum absolute atomic E-state index is 12.4. The third-order valence-electron chi connectivity index (χ3n) is 4.29. The van der Waals surface area contributed by atoms with Crippen molar-refractivity contribution in [1.29, 1.82) is 0 Å². The molecular weight excluding hydrogens is 232 g/mol. The molecule has 0 radical (unpaired) electrons. The fourth-order valence-corrected chi connectivity index (χ4v) is 5.08. The Balaban J connectivity index is 2.70. The highest BCUT2D eigenvalue weighted by atomic mass is 32.2. The molecule has 1 aromatic carbocycles. The van der Waals surface area contributed by atoms with Crippen LogP contribution in [0, 0.1) is 11.3 Å². The molecule has 0 N–H and O–H groups in total. The van der Waals surface area contributed by atoms with Gasteiger partial charge in [0.15, 0.2) is 9.84 Å². The first-order valence-electron chi connectivity index (χ1n) is 6.07. The molecule has 2 rings (SSSR count). The van der Waals surface area contributed by atoms with Gasteiger partial charge in [0.25, 0.3) is 0 Å². The Morgan fingerprint density at radius 2 is 1.76 bits per heavy atom. The summed E-state index contributed by atoms with van der Waals surface area (Å²) in [6.07, 6.45) is 0. The van der Waals surface area contributed by atoms with E-state index in [1.807, 2.05) is 18.2 Å². The first-order valence-corrected chi connectivity index (χ1v) is 7.72. The standard InChI is InChI=1S/C14H20O2S/c1-10-11(2)14(3,4)9-17(15,16)13-8-6-5-7-12(10)13/h5-8,10-11H,9H2,1-4H3/t10-,11+/m1/s1. The highest BCUT2D eigenvalue weighted by Gasteiger charge is 2.40. The van der Waals surface area contributed by atoms with Gasteiger partial charge in [0.1, 0.15) is 0 Å². The van der Waals surface area contributed by atoms with Crippen molar-refractivity contribution in [3.05, 3.63) is 29.8 Å². The second-order valence-corrected chi connectivity index (χ2v) is 7.82. The molecule has 1 aromatic rings. The average molecular weight is 252 g/mol. The highest BCUT2D eigenvalue weighted by Crippen LogP contribution is 2.44. The van der Waals surface area contributed by atoms with Crippen LogP contribution in [0.5, 0.6) is 0 Å². The Morgan fingerprint density at radius 1 is 1.18 bits per heavy atom. The first-order chi connectivity index (χ1) is 7.76. The SMILES string of the molecule is C[C@H]1c2ccccc2S(=O)(=O)CC(C)(C)[C@H]1C. The molecular formula is C14H20O2S. The summed E-state index contributed by atoms with van der Waals surface area (Å²) in [5, 5.41) is 0. The lowest BCUT2D eigenvalue weighted by Crippen LogP contribution is -2.30. The van der Waals surface area contributed by atoms with Crippen LogP contribution >= 0.6 is 0 Å². The Kier molecular flexibility index (Phi) is 2.85. The van der Waals surface area contributed by atoms with E-state index >= 15 is 0 Å². The van der Waals surface area contributed by atoms with Gasteiger partial charge in [-0.15, -0.1) is 0 Å². The number of hydrogen-bond donors (Lipinski definition) is 0. The lowest BCUT2D eigenvalue weighted by Gasteiger charge is -2.32. The van der Waals surface area contributed by atoms with Crippen LogP contribution in [0.25, 0.3) is 0 Å². The Morgan fingerprint density at radius 3 is 2.41 bits per heavy atom. The summed E-state index contributed by atoms with van der Waals surface area (Å²) in [4.78, 5) is 0.532. The van der Waals surface area contributed by atoms with E-state index in [1.54, 1.807) is 6.07 Å². The highest BCUT2D eigenvalue weighted by molar-refractivity contribution is 7.91. The van der Waals surface area contributed by atoms with Crippen LogP contribution < -0.4 is 0 Å². The van der Waals surface area contributed by atoms with Crippen molar-refractivity contribution in [2.24, 2.45) is 11.3 Å². The molecule has 0 unspecified atom stereocenters. The van der Waals surface area contributed by atoms with Crippen molar-refractivity contribution in [3.63, 3.8) is 0 Å². The maximum atomic E-state index is 12.4. The summed E-state index contributed by atoms with van der Waals surface area (Å²) in [6, 6.07) is 7.44. The normalized spacial score (nSPS) is 30.4. The Hall–Kier alpha value is -0.830. The van der Waals surface area contributed by atoms with Crippen LogP contribution in [0.1, 0.15) is 39.2 Å². The molecule has 0 fully saturated rings. The van der Waals surface area contributed by atoms with Gasteiger partial charge in [-0.25, -0.2) is 8.42 Å². The lowest BCUT2D eigenvalue weighted by atomic mass is 9.73. The van der Waals surface area contributed by atoms with Gasteiger partial charge in [0.05, 0.1) is 10.6 Å². The molecule has 0 aromatic heterocycles. The van der Waals surface area contributed by atoms with Crippen LogP contribution in [-0.4, -0.2) is 14.2 Å². The van der Waals surface area contributed by atoms with Crippen molar-refractivity contribution < 1.29 is 8.42 Å². The quantitative estimate of drug-likeness (QED) is 0.710. The van der Waals surface area contributed by atoms with Crippen LogP contribution in [0.2, 0.25) is 0 Å². The minimum atomic E-state index is -3.15. The number of rotatable bonds is 0. The second kappa shape index (κ2) is 3.84. The van der Waals surface area contributed by atoms with E-state index in [0.717, 1.165) is 5.56 Å². The zero-order chi connectivity index (χ0) is 12.8. The maximum Gasteiger partial charge on any atom is 0.179 e. The van der Waals surface area contributed by atoms with Crippen LogP contribution in [0.4, 0.5) is 0 Å². The number of hydrogen-bond acceptors (Lipinski definition) is 2. The molecule has 94 valence electrons. The van der Waals surface area contributed by atoms with Crippen molar-refractivity contribution >= 4 is 9.84 Å². The van der Waals surface area contributed by atoms with Crippen molar-refractivity contribution in [1.82, 2.24) is 0 Å². The Labute approximate surface area is 104 Å². The minimum Gasteiger partial charge on any atom is -0.224 e. The van der Waals surface area contributed by atoms with Gasteiger partial charge in [-0.1, -0.05) is 45.9 Å². The van der Waals surface area contributed by atoms with Crippen molar-refractivity contribution in [2.45, 2.75) is 38.5 Å². The number of fused-ring (bicyclic) bond motifs is 1. The summed E-state index contributed by atoms with van der Waals surface area (Å²) in [5.74, 6) is 0.863. The largest absolute Gasteiger partial charge is 0.224 e. The molecule has 0 saturated carbocycles. The Bertz CT molecular complexity index is 529. The molecule has 0 bridgehead atoms. The van der Waals surface area contributed by atoms with Gasteiger partial charge in [0, 0.05) is 0 Å². The van der Waals surface area contributed by atoms with Gasteiger partial charge in [0.2, 0.25) is 0 Å². The van der Waals surface area contributed by atoms with Crippen LogP contribution in [0.15, 0.2) is 29.2 Å².